The summed E-state index contributed by atoms with van der Waals surface area (Å²) in [6.45, 7) is 1.10. The number of hydrogen-bond donors (Lipinski definition) is 2. The summed E-state index contributed by atoms with van der Waals surface area (Å²) in [6.07, 6.45) is 11.7. The van der Waals surface area contributed by atoms with Gasteiger partial charge in [0.25, 0.3) is 11.8 Å². The number of nitrogens with one attached hydrogen (secondary N) is 2. The smallest absolute Gasteiger partial charge is 0.296 e. The number of aromatic nitrogens is 3. The van der Waals surface area contributed by atoms with Gasteiger partial charge in [-0.1, -0.05) is 98.1 Å². The molecule has 12 heteroatoms. The Labute approximate surface area is 367 Å². The number of pyridine rings is 3. The van der Waals surface area contributed by atoms with Gasteiger partial charge in [0.2, 0.25) is 11.0 Å². The second-order valence-electron chi connectivity index (χ2n) is 15.9. The molecule has 8 rings (SSSR count). The first-order chi connectivity index (χ1) is 30.7. The number of benzene rings is 4. The maximum absolute atomic E-state index is 13.7. The molecular formula is C51H51N8O4+2. The second-order valence-corrected chi connectivity index (χ2v) is 15.9. The molecule has 317 valence electrons. The van der Waals surface area contributed by atoms with Crippen molar-refractivity contribution in [3.8, 4) is 5.75 Å². The van der Waals surface area contributed by atoms with Crippen LogP contribution >= 0.6 is 0 Å². The van der Waals surface area contributed by atoms with E-state index in [1.807, 2.05) is 152 Å². The van der Waals surface area contributed by atoms with Crippen molar-refractivity contribution < 1.29 is 28.6 Å². The predicted molar refractivity (Wildman–Crippen MR) is 243 cm³/mol. The first-order valence-corrected chi connectivity index (χ1v) is 21.3. The molecule has 4 aromatic carbocycles. The van der Waals surface area contributed by atoms with Crippen molar-refractivity contribution in [3.05, 3.63) is 180 Å². The van der Waals surface area contributed by atoms with E-state index in [4.69, 9.17) is 4.74 Å². The number of aryl methyl sites for hydroxylation is 2. The summed E-state index contributed by atoms with van der Waals surface area (Å²) in [6, 6.07) is 39.8. The number of hydrogen-bond acceptors (Lipinski definition) is 8. The van der Waals surface area contributed by atoms with E-state index in [2.05, 4.69) is 37.0 Å². The molecule has 0 bridgehead atoms. The summed E-state index contributed by atoms with van der Waals surface area (Å²) in [7, 11) is 5.86. The third kappa shape index (κ3) is 10.5. The van der Waals surface area contributed by atoms with Gasteiger partial charge in [-0.05, 0) is 49.1 Å². The number of fused-ring (bicyclic) bond motifs is 2. The fourth-order valence-corrected chi connectivity index (χ4v) is 7.83. The Morgan fingerprint density at radius 2 is 1.37 bits per heavy atom. The molecule has 1 radical (unpaired) electrons. The summed E-state index contributed by atoms with van der Waals surface area (Å²) in [5, 5.41) is 22.6. The summed E-state index contributed by atoms with van der Waals surface area (Å²) in [5.41, 5.74) is 10.3. The van der Waals surface area contributed by atoms with Crippen molar-refractivity contribution in [2.45, 2.75) is 45.1 Å². The van der Waals surface area contributed by atoms with Crippen LogP contribution in [0.4, 0.5) is 11.4 Å². The quantitative estimate of drug-likeness (QED) is 0.0310. The van der Waals surface area contributed by atoms with Crippen molar-refractivity contribution in [3.63, 3.8) is 0 Å². The van der Waals surface area contributed by atoms with Gasteiger partial charge in [0.1, 0.15) is 42.6 Å². The highest BCUT2D eigenvalue weighted by atomic mass is 16.5. The van der Waals surface area contributed by atoms with Crippen molar-refractivity contribution in [2.24, 2.45) is 19.1 Å². The summed E-state index contributed by atoms with van der Waals surface area (Å²) in [5.74, 6) is -0.635. The highest BCUT2D eigenvalue weighted by Gasteiger charge is 2.20. The van der Waals surface area contributed by atoms with Crippen LogP contribution in [0.2, 0.25) is 0 Å². The lowest BCUT2D eigenvalue weighted by atomic mass is 10.0. The number of para-hydroxylation sites is 2. The van der Waals surface area contributed by atoms with Crippen molar-refractivity contribution in [2.75, 3.05) is 19.0 Å². The molecule has 7 aromatic rings. The number of aliphatic imine (C=N–C) groups is 1. The zero-order chi connectivity index (χ0) is 43.7. The van der Waals surface area contributed by atoms with Gasteiger partial charge in [-0.2, -0.15) is 9.13 Å². The highest BCUT2D eigenvalue weighted by Crippen LogP contribution is 2.23. The van der Waals surface area contributed by atoms with Crippen LogP contribution in [-0.2, 0) is 25.7 Å². The van der Waals surface area contributed by atoms with Crippen LogP contribution in [0, 0.1) is 0 Å². The van der Waals surface area contributed by atoms with Crippen LogP contribution < -0.4 is 24.7 Å². The minimum absolute atomic E-state index is 0.0185. The van der Waals surface area contributed by atoms with Gasteiger partial charge >= 0.3 is 0 Å². The number of nitrogens with zero attached hydrogens (tertiary/aromatic N) is 6. The number of carbonyl (C=O) groups excluding carboxylic acids is 2. The number of allylic oxidation sites excluding steroid dienone is 1. The normalized spacial score (nSPS) is 12.8. The molecule has 12 nitrogen and oxygen atoms in total. The minimum Gasteiger partial charge on any atom is -0.493 e. The minimum atomic E-state index is -0.575. The molecule has 0 saturated carbocycles. The van der Waals surface area contributed by atoms with E-state index < -0.39 is 11.8 Å². The van der Waals surface area contributed by atoms with E-state index in [1.165, 1.54) is 5.70 Å². The average molecular weight is 840 g/mol. The second kappa shape index (κ2) is 19.5. The van der Waals surface area contributed by atoms with Gasteiger partial charge < -0.3 is 10.1 Å². The molecule has 0 aliphatic carbocycles. The van der Waals surface area contributed by atoms with E-state index in [1.54, 1.807) is 18.3 Å². The Hall–Kier alpha value is -7.44. The zero-order valence-electron chi connectivity index (χ0n) is 35.8. The number of hydrazine groups is 2. The number of ketones is 1. The fraction of sp³-hybridized carbons (Fsp3) is 0.216. The third-order valence-electron chi connectivity index (χ3n) is 11.1. The average Bonchev–Trinajstić information content (AvgIpc) is 3.65. The lowest BCUT2D eigenvalue weighted by molar-refractivity contribution is -0.644. The number of unbranched alkanes of at least 4 members (excludes halogenated alkanes) is 4. The molecule has 0 unspecified atom stereocenters. The van der Waals surface area contributed by atoms with E-state index in [-0.39, 0.29) is 17.2 Å². The van der Waals surface area contributed by atoms with Gasteiger partial charge in [0.15, 0.2) is 18.2 Å². The lowest BCUT2D eigenvalue weighted by Gasteiger charge is -2.21. The van der Waals surface area contributed by atoms with Gasteiger partial charge in [-0.15, -0.1) is 5.53 Å². The Kier molecular flexibility index (Phi) is 13.1. The molecular weight excluding hydrogens is 789 g/mol. The molecule has 1 aliphatic rings. The Balaban J connectivity index is 0.852. The summed E-state index contributed by atoms with van der Waals surface area (Å²) in [4.78, 5) is 35.4. The molecule has 1 aliphatic heterocycles. The van der Waals surface area contributed by atoms with Crippen molar-refractivity contribution in [1.82, 2.24) is 20.5 Å². The number of anilines is 1. The standard InChI is InChI=1S/C51H50N8O4/c1-56-33-41(28-39-18-11-13-21-47(39)56)52-50(61)45-30-44(31-46(54-45)51(62)53-42-29-40-19-12-14-22-48(40)57(2)34-42)63-27-15-6-4-5-10-20-43-35-59(55-58(43)3)32-36-23-25-38(26-24-36)49(60)37-16-8-7-9-17-37/h7-9,11-14,16-19,21-26,28-31,33-35,55H,4-6,10,15,20,27,32H2,1-3H3/q+1/p+1. The molecule has 2 N–H and O–H groups in total. The maximum Gasteiger partial charge on any atom is 0.296 e. The predicted octanol–water partition coefficient (Wildman–Crippen LogP) is 8.46. The lowest BCUT2D eigenvalue weighted by Crippen LogP contribution is -2.37. The van der Waals surface area contributed by atoms with Crippen LogP contribution in [0.3, 0.4) is 0 Å². The Morgan fingerprint density at radius 1 is 0.730 bits per heavy atom. The first kappa shape index (κ1) is 42.3. The Bertz CT molecular complexity index is 2830. The van der Waals surface area contributed by atoms with Gasteiger partial charge in [0, 0.05) is 65.1 Å². The van der Waals surface area contributed by atoms with Crippen molar-refractivity contribution in [1.29, 1.82) is 0 Å². The molecule has 0 fully saturated rings. The number of amides is 1. The monoisotopic (exact) mass is 839 g/mol. The van der Waals surface area contributed by atoms with E-state index >= 15 is 0 Å². The zero-order valence-corrected chi connectivity index (χ0v) is 35.8. The fourth-order valence-electron chi connectivity index (χ4n) is 7.83. The molecule has 1 amide bonds. The van der Waals surface area contributed by atoms with Crippen LogP contribution in [0.25, 0.3) is 21.8 Å². The van der Waals surface area contributed by atoms with Crippen LogP contribution in [0.15, 0.2) is 157 Å². The molecule has 3 aromatic heterocycles. The van der Waals surface area contributed by atoms with Gasteiger partial charge in [0.05, 0.1) is 13.2 Å². The van der Waals surface area contributed by atoms with Gasteiger partial charge in [-0.3, -0.25) is 24.7 Å². The molecule has 0 saturated heterocycles. The van der Waals surface area contributed by atoms with Crippen LogP contribution in [-0.4, -0.2) is 46.2 Å². The van der Waals surface area contributed by atoms with E-state index in [0.29, 0.717) is 41.4 Å². The van der Waals surface area contributed by atoms with Crippen LogP contribution in [0.5, 0.6) is 5.75 Å². The maximum atomic E-state index is 13.7. The highest BCUT2D eigenvalue weighted by molar-refractivity contribution is 6.09. The number of rotatable bonds is 17. The Morgan fingerprint density at radius 3 is 2.13 bits per heavy atom. The molecule has 4 heterocycles. The largest absolute Gasteiger partial charge is 0.493 e. The first-order valence-electron chi connectivity index (χ1n) is 21.3. The summed E-state index contributed by atoms with van der Waals surface area (Å²) >= 11 is 0. The van der Waals surface area contributed by atoms with E-state index in [9.17, 15) is 14.7 Å². The third-order valence-corrected chi connectivity index (χ3v) is 11.1. The molecule has 63 heavy (non-hydrogen) atoms. The number of carbonyl (C=O) groups is 2. The molecule has 0 atom stereocenters. The van der Waals surface area contributed by atoms with E-state index in [0.717, 1.165) is 65.9 Å². The topological polar surface area (TPSA) is 127 Å². The van der Waals surface area contributed by atoms with Gasteiger partial charge in [-0.25, -0.2) is 9.98 Å². The molecule has 0 spiro atoms. The SMILES string of the molecule is CN1NN(Cc2ccc(C(=O)c3ccccc3)cc2)C=C1CCCCCCCOc1cc(C(=O)Nc2cc3ccccc3[n+](C)c2)nc(C([O])=Nc2cc3ccccc3[n+](C)c2)c1. The summed E-state index contributed by atoms with van der Waals surface area (Å²) < 4.78 is 10.0. The van der Waals surface area contributed by atoms with Crippen molar-refractivity contribution >= 4 is 50.8 Å². The number of ether oxygens (including phenoxy) is 1. The van der Waals surface area contributed by atoms with Crippen LogP contribution in [0.1, 0.15) is 76.2 Å².